The van der Waals surface area contributed by atoms with E-state index in [4.69, 9.17) is 9.05 Å². The van der Waals surface area contributed by atoms with Gasteiger partial charge in [0.2, 0.25) is 5.91 Å². The van der Waals surface area contributed by atoms with E-state index >= 15 is 0 Å². The van der Waals surface area contributed by atoms with Gasteiger partial charge >= 0.3 is 7.82 Å². The number of aliphatic hydroxyl groups is 1. The van der Waals surface area contributed by atoms with E-state index in [1.165, 1.54) is 225 Å². The Morgan fingerprint density at radius 1 is 0.389 bits per heavy atom. The van der Waals surface area contributed by atoms with Crippen LogP contribution in [0.25, 0.3) is 0 Å². The van der Waals surface area contributed by atoms with Crippen molar-refractivity contribution in [3.05, 3.63) is 122 Å². The van der Waals surface area contributed by atoms with Gasteiger partial charge in [-0.25, -0.2) is 4.57 Å². The fraction of sp³-hybridized carbons (Fsp3) is 0.741. The largest absolute Gasteiger partial charge is 0.472 e. The van der Waals surface area contributed by atoms with Gasteiger partial charge in [-0.2, -0.15) is 0 Å². The fourth-order valence-electron chi connectivity index (χ4n) is 10.8. The normalized spacial score (nSPS) is 14.3. The molecule has 3 N–H and O–H groups in total. The van der Waals surface area contributed by atoms with Gasteiger partial charge in [0, 0.05) is 6.42 Å². The van der Waals surface area contributed by atoms with Crippen molar-refractivity contribution in [3.63, 3.8) is 0 Å². The minimum Gasteiger partial charge on any atom is -0.387 e. The highest BCUT2D eigenvalue weighted by Gasteiger charge is 2.28. The first-order valence-corrected chi connectivity index (χ1v) is 39.4. The van der Waals surface area contributed by atoms with Gasteiger partial charge < -0.3 is 19.8 Å². The molecule has 0 saturated heterocycles. The lowest BCUT2D eigenvalue weighted by atomic mass is 10.0. The number of phosphoric ester groups is 1. The summed E-state index contributed by atoms with van der Waals surface area (Å²) in [6, 6.07) is -0.878. The summed E-state index contributed by atoms with van der Waals surface area (Å²) in [7, 11) is 1.55. The molecule has 1 amide bonds. The lowest BCUT2D eigenvalue weighted by Crippen LogP contribution is -2.45. The van der Waals surface area contributed by atoms with E-state index in [0.717, 1.165) is 89.9 Å². The van der Waals surface area contributed by atoms with Crippen molar-refractivity contribution in [2.45, 2.75) is 347 Å². The van der Waals surface area contributed by atoms with E-state index in [9.17, 15) is 19.4 Å². The minimum absolute atomic E-state index is 0.0502. The van der Waals surface area contributed by atoms with E-state index in [-0.39, 0.29) is 19.1 Å². The number of aliphatic hydroxyl groups excluding tert-OH is 1. The van der Waals surface area contributed by atoms with E-state index in [2.05, 4.69) is 129 Å². The smallest absolute Gasteiger partial charge is 0.387 e. The Bertz CT molecular complexity index is 1890. The molecule has 0 aliphatic carbocycles. The zero-order valence-corrected chi connectivity index (χ0v) is 60.5. The van der Waals surface area contributed by atoms with E-state index in [1.54, 1.807) is 6.08 Å². The molecule has 0 fully saturated rings. The third-order valence-corrected chi connectivity index (χ3v) is 17.6. The molecule has 0 radical (unpaired) electrons. The van der Waals surface area contributed by atoms with Crippen molar-refractivity contribution in [3.8, 4) is 0 Å². The number of phosphoric acid groups is 1. The van der Waals surface area contributed by atoms with Crippen LogP contribution in [0.5, 0.6) is 0 Å². The Morgan fingerprint density at radius 2 is 0.678 bits per heavy atom. The first-order valence-electron chi connectivity index (χ1n) is 37.9. The zero-order chi connectivity index (χ0) is 65.5. The molecule has 90 heavy (non-hydrogen) atoms. The Morgan fingerprint density at radius 3 is 1.02 bits per heavy atom. The quantitative estimate of drug-likeness (QED) is 0.0243. The summed E-state index contributed by atoms with van der Waals surface area (Å²) >= 11 is 0. The molecule has 8 nitrogen and oxygen atoms in total. The van der Waals surface area contributed by atoms with Crippen LogP contribution in [0.2, 0.25) is 0 Å². The molecule has 520 valence electrons. The average Bonchev–Trinajstić information content (AvgIpc) is 3.72. The maximum atomic E-state index is 13.1. The maximum Gasteiger partial charge on any atom is 0.472 e. The Hall–Kier alpha value is -3.10. The van der Waals surface area contributed by atoms with Gasteiger partial charge in [0.1, 0.15) is 13.2 Å². The molecule has 0 spiro atoms. The lowest BCUT2D eigenvalue weighted by molar-refractivity contribution is -0.870. The molecule has 0 heterocycles. The molecule has 3 unspecified atom stereocenters. The summed E-state index contributed by atoms with van der Waals surface area (Å²) in [4.78, 5) is 23.5. The highest BCUT2D eigenvalue weighted by molar-refractivity contribution is 7.47. The molecule has 0 aromatic heterocycles. The number of amides is 1. The van der Waals surface area contributed by atoms with Gasteiger partial charge in [0.15, 0.2) is 0 Å². The molecule has 0 aromatic rings. The third-order valence-electron chi connectivity index (χ3n) is 16.6. The van der Waals surface area contributed by atoms with Gasteiger partial charge in [0.25, 0.3) is 0 Å². The van der Waals surface area contributed by atoms with Crippen LogP contribution in [0.15, 0.2) is 122 Å². The first-order chi connectivity index (χ1) is 44.0. The molecule has 0 rings (SSSR count). The van der Waals surface area contributed by atoms with Crippen LogP contribution < -0.4 is 5.32 Å². The molecule has 0 saturated carbocycles. The monoisotopic (exact) mass is 1270 g/mol. The highest BCUT2D eigenvalue weighted by atomic mass is 31.2. The van der Waals surface area contributed by atoms with E-state index in [1.807, 2.05) is 27.2 Å². The highest BCUT2D eigenvalue weighted by Crippen LogP contribution is 2.43. The second kappa shape index (κ2) is 70.2. The van der Waals surface area contributed by atoms with Crippen molar-refractivity contribution >= 4 is 13.7 Å². The summed E-state index contributed by atoms with van der Waals surface area (Å²) in [5.41, 5.74) is 0. The number of rotatable bonds is 69. The predicted octanol–water partition coefficient (Wildman–Crippen LogP) is 24.8. The third kappa shape index (κ3) is 72.3. The minimum atomic E-state index is -4.37. The number of carbonyl (C=O) groups is 1. The van der Waals surface area contributed by atoms with Gasteiger partial charge in [-0.15, -0.1) is 0 Å². The number of quaternary nitrogens is 1. The number of likely N-dealkylation sites (N-methyl/N-ethyl adjacent to an activating group) is 1. The summed E-state index contributed by atoms with van der Waals surface area (Å²) in [6.07, 6.45) is 105. The standard InChI is InChI=1S/C81H145N2O6P/c1-6-8-10-12-14-16-18-20-22-24-26-28-30-32-34-36-37-38-39-40-41-42-43-44-45-47-49-51-53-55-57-59-61-63-65-67-69-71-73-75-81(85)82-79(78-89-90(86,87)88-77-76-83(3,4)5)80(84)74-72-70-68-66-64-62-60-58-56-54-52-50-48-46-35-33-31-29-27-25-23-21-19-17-15-13-11-9-7-2/h8,10,14,16,20,22,26,28,32,34,37-38,40-41,56,58,64,66,72,74,79-80,84H,6-7,9,11-13,15,17-19,21,23-25,27,29-31,33,35-36,39,42-55,57,59-63,65,67-71,73,75-78H2,1-5H3,(H-,82,85,86,87)/p+1/b10-8-,16-14-,22-20-,28-26-,34-32-,38-37-,41-40-,58-56+,66-64+,74-72+. The SMILES string of the molecule is CC/C=C\C/C=C\C/C=C\C/C=C\C/C=C\C/C=C\C/C=C\CCCCCCCCCCCCCCCCCCCC(=O)NC(COP(=O)(O)OCC[N+](C)(C)C)C(O)/C=C/CC/C=C/CC/C=C/CCCCCCCCCCCCCCCCCCCCC. The van der Waals surface area contributed by atoms with E-state index in [0.29, 0.717) is 17.4 Å². The number of nitrogens with one attached hydrogen (secondary N) is 1. The molecule has 0 aliphatic rings. The number of nitrogens with zero attached hydrogens (tertiary/aromatic N) is 1. The first kappa shape index (κ1) is 86.9. The van der Waals surface area contributed by atoms with Crippen LogP contribution in [0.1, 0.15) is 335 Å². The van der Waals surface area contributed by atoms with Crippen molar-refractivity contribution < 1.29 is 32.9 Å². The molecule has 0 aliphatic heterocycles. The lowest BCUT2D eigenvalue weighted by Gasteiger charge is -2.25. The second-order valence-corrected chi connectivity index (χ2v) is 28.1. The predicted molar refractivity (Wildman–Crippen MR) is 396 cm³/mol. The van der Waals surface area contributed by atoms with Crippen molar-refractivity contribution in [1.82, 2.24) is 5.32 Å². The zero-order valence-electron chi connectivity index (χ0n) is 59.6. The number of hydrogen-bond donors (Lipinski definition) is 3. The summed E-state index contributed by atoms with van der Waals surface area (Å²) in [5.74, 6) is -0.190. The average molecular weight is 1280 g/mol. The van der Waals surface area contributed by atoms with Gasteiger partial charge in [0.05, 0.1) is 39.9 Å². The van der Waals surface area contributed by atoms with Crippen LogP contribution in [-0.2, 0) is 18.4 Å². The number of hydrogen-bond acceptors (Lipinski definition) is 5. The summed E-state index contributed by atoms with van der Waals surface area (Å²) < 4.78 is 23.8. The summed E-state index contributed by atoms with van der Waals surface area (Å²) in [5, 5.41) is 14.0. The fourth-order valence-corrected chi connectivity index (χ4v) is 11.6. The Kier molecular flexibility index (Phi) is 67.8. The number of carbonyl (C=O) groups excluding carboxylic acids is 1. The number of unbranched alkanes of at least 4 members (excludes halogenated alkanes) is 38. The molecule has 0 bridgehead atoms. The van der Waals surface area contributed by atoms with Crippen LogP contribution in [0.4, 0.5) is 0 Å². The van der Waals surface area contributed by atoms with Gasteiger partial charge in [-0.05, 0) is 103 Å². The molecular formula is C81H146N2O6P+. The van der Waals surface area contributed by atoms with Crippen LogP contribution >= 0.6 is 7.82 Å². The van der Waals surface area contributed by atoms with Crippen molar-refractivity contribution in [1.29, 1.82) is 0 Å². The molecule has 0 aromatic carbocycles. The van der Waals surface area contributed by atoms with Crippen LogP contribution in [0.3, 0.4) is 0 Å². The van der Waals surface area contributed by atoms with E-state index < -0.39 is 20.0 Å². The van der Waals surface area contributed by atoms with Gasteiger partial charge in [-0.1, -0.05) is 347 Å². The van der Waals surface area contributed by atoms with Crippen molar-refractivity contribution in [2.24, 2.45) is 0 Å². The second-order valence-electron chi connectivity index (χ2n) is 26.6. The molecule has 9 heteroatoms. The number of allylic oxidation sites excluding steroid dienone is 19. The van der Waals surface area contributed by atoms with Crippen LogP contribution in [-0.4, -0.2) is 73.4 Å². The topological polar surface area (TPSA) is 105 Å². The molecular weight excluding hydrogens is 1130 g/mol. The Balaban J connectivity index is 4.08. The summed E-state index contributed by atoms with van der Waals surface area (Å²) in [6.45, 7) is 4.70. The maximum absolute atomic E-state index is 13.1. The van der Waals surface area contributed by atoms with Crippen molar-refractivity contribution in [2.75, 3.05) is 40.9 Å². The van der Waals surface area contributed by atoms with Gasteiger partial charge in [-0.3, -0.25) is 13.8 Å². The Labute approximate surface area is 558 Å². The van der Waals surface area contributed by atoms with Crippen LogP contribution in [0, 0.1) is 0 Å². The molecule has 3 atom stereocenters.